The number of nitrogens with one attached hydrogen (secondary N) is 1. The summed E-state index contributed by atoms with van der Waals surface area (Å²) in [6.07, 6.45) is 2.73. The van der Waals surface area contributed by atoms with Gasteiger partial charge in [0.1, 0.15) is 11.6 Å². The number of rotatable bonds is 5. The summed E-state index contributed by atoms with van der Waals surface area (Å²) in [7, 11) is 0. The second-order valence-electron chi connectivity index (χ2n) is 6.85. The highest BCUT2D eigenvalue weighted by atomic mass is 32.1. The molecule has 1 unspecified atom stereocenters. The molecular weight excluding hydrogens is 396 g/mol. The van der Waals surface area contributed by atoms with E-state index in [-0.39, 0.29) is 11.8 Å². The van der Waals surface area contributed by atoms with Crippen LogP contribution in [-0.4, -0.2) is 26.4 Å². The average molecular weight is 413 g/mol. The minimum Gasteiger partial charge on any atom is -0.435 e. The SMILES string of the molecule is FC(F)Oc1ccc2c(c1)CCCC2Nc1ccc2nnc(-c3ccsc3)n2n1. The molecule has 5 rings (SSSR count). The van der Waals surface area contributed by atoms with Crippen molar-refractivity contribution in [1.29, 1.82) is 0 Å². The highest BCUT2D eigenvalue weighted by Crippen LogP contribution is 2.34. The number of alkyl halides is 2. The lowest BCUT2D eigenvalue weighted by Gasteiger charge is -2.27. The summed E-state index contributed by atoms with van der Waals surface area (Å²) in [5, 5.41) is 20.6. The van der Waals surface area contributed by atoms with Gasteiger partial charge in [-0.05, 0) is 66.1 Å². The van der Waals surface area contributed by atoms with Crippen LogP contribution in [0, 0.1) is 0 Å². The number of nitrogens with zero attached hydrogens (tertiary/aromatic N) is 4. The van der Waals surface area contributed by atoms with Gasteiger partial charge in [-0.25, -0.2) is 0 Å². The van der Waals surface area contributed by atoms with Crippen molar-refractivity contribution in [2.24, 2.45) is 0 Å². The standard InChI is InChI=1S/C20H17F2N5OS/c21-20(22)28-14-4-5-15-12(10-14)2-1-3-16(15)23-17-6-7-18-24-25-19(27(18)26-17)13-8-9-29-11-13/h4-11,16,20H,1-3H2,(H,23,26). The Hall–Kier alpha value is -3.07. The Kier molecular flexibility index (Phi) is 4.59. The molecule has 0 fully saturated rings. The number of ether oxygens (including phenoxy) is 1. The zero-order chi connectivity index (χ0) is 19.8. The number of aromatic nitrogens is 4. The van der Waals surface area contributed by atoms with Crippen molar-refractivity contribution in [3.8, 4) is 17.1 Å². The van der Waals surface area contributed by atoms with Gasteiger partial charge >= 0.3 is 6.61 Å². The molecule has 0 saturated heterocycles. The summed E-state index contributed by atoms with van der Waals surface area (Å²) in [5.41, 5.74) is 3.76. The summed E-state index contributed by atoms with van der Waals surface area (Å²) in [6, 6.07) is 10.9. The van der Waals surface area contributed by atoms with Crippen molar-refractivity contribution in [3.63, 3.8) is 0 Å². The molecule has 1 atom stereocenters. The van der Waals surface area contributed by atoms with E-state index in [9.17, 15) is 8.78 Å². The highest BCUT2D eigenvalue weighted by Gasteiger charge is 2.22. The molecule has 0 saturated carbocycles. The molecule has 148 valence electrons. The largest absolute Gasteiger partial charge is 0.435 e. The normalized spacial score (nSPS) is 16.2. The van der Waals surface area contributed by atoms with E-state index in [1.165, 1.54) is 0 Å². The first kappa shape index (κ1) is 18.0. The molecule has 3 aromatic heterocycles. The van der Waals surface area contributed by atoms with E-state index in [2.05, 4.69) is 25.3 Å². The lowest BCUT2D eigenvalue weighted by Crippen LogP contribution is -2.18. The summed E-state index contributed by atoms with van der Waals surface area (Å²) in [4.78, 5) is 0. The highest BCUT2D eigenvalue weighted by molar-refractivity contribution is 7.08. The van der Waals surface area contributed by atoms with Gasteiger partial charge in [-0.2, -0.15) is 24.6 Å². The fourth-order valence-electron chi connectivity index (χ4n) is 3.73. The van der Waals surface area contributed by atoms with Gasteiger partial charge in [0.15, 0.2) is 11.5 Å². The number of hydrogen-bond donors (Lipinski definition) is 1. The summed E-state index contributed by atoms with van der Waals surface area (Å²) in [6.45, 7) is -2.82. The molecule has 1 aromatic carbocycles. The predicted molar refractivity (Wildman–Crippen MR) is 106 cm³/mol. The second kappa shape index (κ2) is 7.40. The van der Waals surface area contributed by atoms with Crippen LogP contribution in [0.1, 0.15) is 30.0 Å². The van der Waals surface area contributed by atoms with E-state index in [4.69, 9.17) is 0 Å². The molecule has 3 heterocycles. The molecule has 0 radical (unpaired) electrons. The number of anilines is 1. The minimum atomic E-state index is -2.82. The Bertz CT molecular complexity index is 1150. The first-order chi connectivity index (χ1) is 14.2. The molecule has 0 bridgehead atoms. The minimum absolute atomic E-state index is 0.0466. The molecular formula is C20H17F2N5OS. The van der Waals surface area contributed by atoms with Gasteiger partial charge in [-0.1, -0.05) is 6.07 Å². The van der Waals surface area contributed by atoms with Crippen LogP contribution in [0.2, 0.25) is 0 Å². The molecule has 0 spiro atoms. The first-order valence-corrected chi connectivity index (χ1v) is 10.2. The van der Waals surface area contributed by atoms with Crippen molar-refractivity contribution in [3.05, 3.63) is 58.3 Å². The molecule has 4 aromatic rings. The summed E-state index contributed by atoms with van der Waals surface area (Å²) in [5.74, 6) is 1.60. The molecule has 1 aliphatic carbocycles. The summed E-state index contributed by atoms with van der Waals surface area (Å²) >= 11 is 1.59. The van der Waals surface area contributed by atoms with Gasteiger partial charge < -0.3 is 10.1 Å². The average Bonchev–Trinajstić information content (AvgIpc) is 3.37. The van der Waals surface area contributed by atoms with Crippen LogP contribution in [-0.2, 0) is 6.42 Å². The third-order valence-corrected chi connectivity index (χ3v) is 5.70. The molecule has 1 aliphatic rings. The van der Waals surface area contributed by atoms with Crippen LogP contribution in [0.5, 0.6) is 5.75 Å². The van der Waals surface area contributed by atoms with E-state index in [1.807, 2.05) is 35.0 Å². The van der Waals surface area contributed by atoms with E-state index in [1.54, 1.807) is 28.0 Å². The zero-order valence-corrected chi connectivity index (χ0v) is 16.1. The number of hydrogen-bond acceptors (Lipinski definition) is 6. The maximum Gasteiger partial charge on any atom is 0.387 e. The molecule has 0 amide bonds. The Morgan fingerprint density at radius 1 is 1.17 bits per heavy atom. The maximum atomic E-state index is 12.5. The van der Waals surface area contributed by atoms with Crippen LogP contribution in [0.15, 0.2) is 47.2 Å². The molecule has 0 aliphatic heterocycles. The molecule has 6 nitrogen and oxygen atoms in total. The van der Waals surface area contributed by atoms with Crippen molar-refractivity contribution in [1.82, 2.24) is 19.8 Å². The number of fused-ring (bicyclic) bond motifs is 2. The fourth-order valence-corrected chi connectivity index (χ4v) is 4.37. The van der Waals surface area contributed by atoms with E-state index in [0.29, 0.717) is 17.3 Å². The Balaban J connectivity index is 1.44. The Labute approximate surface area is 169 Å². The van der Waals surface area contributed by atoms with Crippen LogP contribution in [0.4, 0.5) is 14.6 Å². The van der Waals surface area contributed by atoms with Crippen LogP contribution in [0.25, 0.3) is 17.0 Å². The number of thiophene rings is 1. The quantitative estimate of drug-likeness (QED) is 0.502. The van der Waals surface area contributed by atoms with Gasteiger partial charge in [0.05, 0.1) is 6.04 Å². The van der Waals surface area contributed by atoms with Crippen molar-refractivity contribution in [2.75, 3.05) is 5.32 Å². The third kappa shape index (κ3) is 3.53. The van der Waals surface area contributed by atoms with Crippen molar-refractivity contribution in [2.45, 2.75) is 31.9 Å². The van der Waals surface area contributed by atoms with Gasteiger partial charge in [0, 0.05) is 10.9 Å². The summed E-state index contributed by atoms with van der Waals surface area (Å²) < 4.78 is 31.3. The van der Waals surface area contributed by atoms with Gasteiger partial charge in [0.2, 0.25) is 0 Å². The smallest absolute Gasteiger partial charge is 0.387 e. The maximum absolute atomic E-state index is 12.5. The van der Waals surface area contributed by atoms with Crippen molar-refractivity contribution < 1.29 is 13.5 Å². The van der Waals surface area contributed by atoms with E-state index < -0.39 is 6.61 Å². The molecule has 1 N–H and O–H groups in total. The number of aryl methyl sites for hydroxylation is 1. The van der Waals surface area contributed by atoms with Crippen LogP contribution >= 0.6 is 11.3 Å². The lowest BCUT2D eigenvalue weighted by molar-refractivity contribution is -0.0499. The lowest BCUT2D eigenvalue weighted by atomic mass is 9.87. The van der Waals surface area contributed by atoms with Gasteiger partial charge in [-0.15, -0.1) is 15.3 Å². The van der Waals surface area contributed by atoms with E-state index >= 15 is 0 Å². The first-order valence-electron chi connectivity index (χ1n) is 9.26. The number of halogens is 2. The monoisotopic (exact) mass is 413 g/mol. The third-order valence-electron chi connectivity index (χ3n) is 5.02. The second-order valence-corrected chi connectivity index (χ2v) is 7.63. The van der Waals surface area contributed by atoms with Crippen LogP contribution < -0.4 is 10.1 Å². The fraction of sp³-hybridized carbons (Fsp3) is 0.250. The van der Waals surface area contributed by atoms with Gasteiger partial charge in [0.25, 0.3) is 0 Å². The zero-order valence-electron chi connectivity index (χ0n) is 15.3. The predicted octanol–water partition coefficient (Wildman–Crippen LogP) is 4.94. The van der Waals surface area contributed by atoms with Gasteiger partial charge in [-0.3, -0.25) is 0 Å². The molecule has 29 heavy (non-hydrogen) atoms. The van der Waals surface area contributed by atoms with Crippen molar-refractivity contribution >= 4 is 22.8 Å². The molecule has 9 heteroatoms. The number of benzene rings is 1. The van der Waals surface area contributed by atoms with E-state index in [0.717, 1.165) is 36.0 Å². The van der Waals surface area contributed by atoms with Crippen LogP contribution in [0.3, 0.4) is 0 Å². The Morgan fingerprint density at radius 3 is 2.93 bits per heavy atom. The topological polar surface area (TPSA) is 64.3 Å². The Morgan fingerprint density at radius 2 is 2.10 bits per heavy atom.